The van der Waals surface area contributed by atoms with Gasteiger partial charge in [0.05, 0.1) is 16.7 Å². The fourth-order valence-electron chi connectivity index (χ4n) is 3.19. The minimum absolute atomic E-state index is 0.0494. The highest BCUT2D eigenvalue weighted by atomic mass is 35.5. The van der Waals surface area contributed by atoms with Gasteiger partial charge in [0.1, 0.15) is 0 Å². The smallest absolute Gasteiger partial charge is 0.331 e. The first-order chi connectivity index (χ1) is 11.6. The number of likely N-dealkylation sites (tertiary alicyclic amines) is 1. The van der Waals surface area contributed by atoms with E-state index in [1.54, 1.807) is 47.0 Å². The maximum Gasteiger partial charge on any atom is 0.331 e. The average molecular weight is 342 g/mol. The molecule has 2 aromatic carbocycles. The van der Waals surface area contributed by atoms with Crippen molar-refractivity contribution in [3.8, 4) is 5.69 Å². The lowest BCUT2D eigenvalue weighted by molar-refractivity contribution is 0.0793. The second-order valence-corrected chi connectivity index (χ2v) is 6.41. The molecule has 0 bridgehead atoms. The molecule has 122 valence electrons. The van der Waals surface area contributed by atoms with Crippen molar-refractivity contribution in [2.45, 2.75) is 12.8 Å². The number of aromatic amines is 1. The number of imidazole rings is 1. The largest absolute Gasteiger partial charge is 0.339 e. The van der Waals surface area contributed by atoms with E-state index in [-0.39, 0.29) is 11.6 Å². The van der Waals surface area contributed by atoms with E-state index in [2.05, 4.69) is 4.98 Å². The molecule has 1 aliphatic rings. The van der Waals surface area contributed by atoms with Crippen molar-refractivity contribution in [3.05, 3.63) is 63.5 Å². The minimum Gasteiger partial charge on any atom is -0.339 e. The SMILES string of the molecule is O=C(c1ccc(-n2c(=O)[nH]c3ccc(Cl)cc32)cc1)N1CCCC1. The highest BCUT2D eigenvalue weighted by Gasteiger charge is 2.19. The van der Waals surface area contributed by atoms with Gasteiger partial charge in [0.2, 0.25) is 0 Å². The molecular formula is C18H16ClN3O2. The predicted molar refractivity (Wildman–Crippen MR) is 94.0 cm³/mol. The zero-order chi connectivity index (χ0) is 16.7. The number of halogens is 1. The van der Waals surface area contributed by atoms with E-state index in [1.807, 2.05) is 4.90 Å². The molecule has 0 saturated carbocycles. The number of aromatic nitrogens is 2. The van der Waals surface area contributed by atoms with E-state index in [0.717, 1.165) is 31.4 Å². The minimum atomic E-state index is -0.231. The van der Waals surface area contributed by atoms with E-state index < -0.39 is 0 Å². The molecule has 1 fully saturated rings. The fraction of sp³-hybridized carbons (Fsp3) is 0.222. The molecule has 24 heavy (non-hydrogen) atoms. The number of carbonyl (C=O) groups excluding carboxylic acids is 1. The third-order valence-electron chi connectivity index (χ3n) is 4.41. The van der Waals surface area contributed by atoms with Crippen LogP contribution in [-0.2, 0) is 0 Å². The van der Waals surface area contributed by atoms with Crippen molar-refractivity contribution >= 4 is 28.5 Å². The Morgan fingerprint density at radius 2 is 1.75 bits per heavy atom. The molecule has 5 nitrogen and oxygen atoms in total. The van der Waals surface area contributed by atoms with E-state index in [1.165, 1.54) is 0 Å². The molecule has 1 N–H and O–H groups in total. The Bertz CT molecular complexity index is 966. The quantitative estimate of drug-likeness (QED) is 0.778. The third-order valence-corrected chi connectivity index (χ3v) is 4.65. The standard InChI is InChI=1S/C18H16ClN3O2/c19-13-5-8-15-16(11-13)22(18(24)20-15)14-6-3-12(4-7-14)17(23)21-9-1-2-10-21/h3-8,11H,1-2,9-10H2,(H,20,24). The number of nitrogens with one attached hydrogen (secondary N) is 1. The highest BCUT2D eigenvalue weighted by Crippen LogP contribution is 2.21. The van der Waals surface area contributed by atoms with Crippen molar-refractivity contribution in [2.24, 2.45) is 0 Å². The number of carbonyl (C=O) groups is 1. The molecule has 0 radical (unpaired) electrons. The molecule has 1 aromatic heterocycles. The van der Waals surface area contributed by atoms with Gasteiger partial charge in [0.15, 0.2) is 0 Å². The van der Waals surface area contributed by atoms with Gasteiger partial charge in [-0.25, -0.2) is 4.79 Å². The number of rotatable bonds is 2. The third kappa shape index (κ3) is 2.51. The van der Waals surface area contributed by atoms with Crippen LogP contribution >= 0.6 is 11.6 Å². The molecule has 1 aliphatic heterocycles. The lowest BCUT2D eigenvalue weighted by atomic mass is 10.2. The van der Waals surface area contributed by atoms with Crippen LogP contribution < -0.4 is 5.69 Å². The summed E-state index contributed by atoms with van der Waals surface area (Å²) in [4.78, 5) is 29.3. The number of hydrogen-bond donors (Lipinski definition) is 1. The Morgan fingerprint density at radius 1 is 1.04 bits per heavy atom. The first kappa shape index (κ1) is 15.0. The second-order valence-electron chi connectivity index (χ2n) is 5.97. The van der Waals surface area contributed by atoms with Crippen LogP contribution in [0.3, 0.4) is 0 Å². The van der Waals surface area contributed by atoms with Gasteiger partial charge in [-0.15, -0.1) is 0 Å². The molecular weight excluding hydrogens is 326 g/mol. The number of benzene rings is 2. The molecule has 0 aliphatic carbocycles. The van der Waals surface area contributed by atoms with Gasteiger partial charge < -0.3 is 9.88 Å². The zero-order valence-electron chi connectivity index (χ0n) is 13.0. The lowest BCUT2D eigenvalue weighted by Gasteiger charge is -2.15. The number of H-pyrrole nitrogens is 1. The fourth-order valence-corrected chi connectivity index (χ4v) is 3.35. The summed E-state index contributed by atoms with van der Waals surface area (Å²) >= 11 is 6.05. The highest BCUT2D eigenvalue weighted by molar-refractivity contribution is 6.31. The Morgan fingerprint density at radius 3 is 2.46 bits per heavy atom. The molecule has 2 heterocycles. The normalized spacial score (nSPS) is 14.5. The van der Waals surface area contributed by atoms with Gasteiger partial charge in [-0.05, 0) is 55.3 Å². The number of hydrogen-bond acceptors (Lipinski definition) is 2. The summed E-state index contributed by atoms with van der Waals surface area (Å²) in [6.07, 6.45) is 2.13. The van der Waals surface area contributed by atoms with Crippen molar-refractivity contribution in [1.29, 1.82) is 0 Å². The van der Waals surface area contributed by atoms with Gasteiger partial charge in [-0.1, -0.05) is 11.6 Å². The van der Waals surface area contributed by atoms with E-state index in [4.69, 9.17) is 11.6 Å². The Hall–Kier alpha value is -2.53. The van der Waals surface area contributed by atoms with Gasteiger partial charge in [-0.2, -0.15) is 0 Å². The topological polar surface area (TPSA) is 58.1 Å². The summed E-state index contributed by atoms with van der Waals surface area (Å²) in [6.45, 7) is 1.64. The summed E-state index contributed by atoms with van der Waals surface area (Å²) in [5.74, 6) is 0.0494. The van der Waals surface area contributed by atoms with E-state index >= 15 is 0 Å². The van der Waals surface area contributed by atoms with Crippen LogP contribution in [0.1, 0.15) is 23.2 Å². The van der Waals surface area contributed by atoms with Crippen molar-refractivity contribution < 1.29 is 4.79 Å². The van der Waals surface area contributed by atoms with Crippen LogP contribution in [0, 0.1) is 0 Å². The van der Waals surface area contributed by atoms with Crippen LogP contribution in [0.25, 0.3) is 16.7 Å². The molecule has 6 heteroatoms. The van der Waals surface area contributed by atoms with E-state index in [9.17, 15) is 9.59 Å². The molecule has 0 spiro atoms. The molecule has 3 aromatic rings. The van der Waals surface area contributed by atoms with Crippen LogP contribution in [-0.4, -0.2) is 33.4 Å². The Labute approximate surface area is 143 Å². The van der Waals surface area contributed by atoms with Crippen molar-refractivity contribution in [3.63, 3.8) is 0 Å². The number of fused-ring (bicyclic) bond motifs is 1. The van der Waals surface area contributed by atoms with Crippen molar-refractivity contribution in [2.75, 3.05) is 13.1 Å². The number of amides is 1. The Balaban J connectivity index is 1.73. The monoisotopic (exact) mass is 341 g/mol. The first-order valence-electron chi connectivity index (χ1n) is 7.93. The zero-order valence-corrected chi connectivity index (χ0v) is 13.7. The maximum absolute atomic E-state index is 12.4. The summed E-state index contributed by atoms with van der Waals surface area (Å²) in [5.41, 5.74) is 2.55. The molecule has 1 saturated heterocycles. The summed E-state index contributed by atoms with van der Waals surface area (Å²) in [5, 5.41) is 0.566. The first-order valence-corrected chi connectivity index (χ1v) is 8.31. The summed E-state index contributed by atoms with van der Waals surface area (Å²) in [7, 11) is 0. The second kappa shape index (κ2) is 5.83. The number of nitrogens with zero attached hydrogens (tertiary/aromatic N) is 2. The van der Waals surface area contributed by atoms with Crippen LogP contribution in [0.4, 0.5) is 0 Å². The predicted octanol–water partition coefficient (Wildman–Crippen LogP) is 3.21. The summed E-state index contributed by atoms with van der Waals surface area (Å²) in [6, 6.07) is 12.4. The average Bonchev–Trinajstić information content (AvgIpc) is 3.21. The van der Waals surface area contributed by atoms with Crippen LogP contribution in [0.5, 0.6) is 0 Å². The molecule has 0 atom stereocenters. The van der Waals surface area contributed by atoms with Gasteiger partial charge in [0, 0.05) is 23.7 Å². The summed E-state index contributed by atoms with van der Waals surface area (Å²) < 4.78 is 1.56. The van der Waals surface area contributed by atoms with Gasteiger partial charge >= 0.3 is 5.69 Å². The molecule has 0 unspecified atom stereocenters. The van der Waals surface area contributed by atoms with Crippen LogP contribution in [0.2, 0.25) is 5.02 Å². The van der Waals surface area contributed by atoms with Crippen LogP contribution in [0.15, 0.2) is 47.3 Å². The Kier molecular flexibility index (Phi) is 3.65. The van der Waals surface area contributed by atoms with E-state index in [0.29, 0.717) is 21.8 Å². The van der Waals surface area contributed by atoms with Crippen molar-refractivity contribution in [1.82, 2.24) is 14.5 Å². The van der Waals surface area contributed by atoms with Gasteiger partial charge in [-0.3, -0.25) is 9.36 Å². The maximum atomic E-state index is 12.4. The molecule has 1 amide bonds. The molecule has 4 rings (SSSR count). The lowest BCUT2D eigenvalue weighted by Crippen LogP contribution is -2.27. The van der Waals surface area contributed by atoms with Gasteiger partial charge in [0.25, 0.3) is 5.91 Å².